The van der Waals surface area contributed by atoms with Gasteiger partial charge in [0.05, 0.1) is 12.4 Å². The molecule has 0 amide bonds. The van der Waals surface area contributed by atoms with Crippen molar-refractivity contribution in [3.63, 3.8) is 0 Å². The van der Waals surface area contributed by atoms with Crippen LogP contribution in [0.4, 0.5) is 5.82 Å². The van der Waals surface area contributed by atoms with Gasteiger partial charge >= 0.3 is 5.97 Å². The predicted octanol–water partition coefficient (Wildman–Crippen LogP) is 5.46. The SMILES string of the molecule is CC.CC/C=C/C(C)=C\NC(C)=NC(CCN(CCCCc1ccc2c(n1)NCCC2)CCOC)C(=O)O. The Morgan fingerprint density at radius 3 is 2.76 bits per heavy atom. The third-order valence-corrected chi connectivity index (χ3v) is 6.20. The number of pyridine rings is 1. The first kappa shape index (κ1) is 33.3. The fraction of sp³-hybridized carbons (Fsp3) is 0.633. The summed E-state index contributed by atoms with van der Waals surface area (Å²) in [5, 5.41) is 16.2. The van der Waals surface area contributed by atoms with Crippen LogP contribution in [0.3, 0.4) is 0 Å². The Kier molecular flexibility index (Phi) is 17.8. The van der Waals surface area contributed by atoms with E-state index in [4.69, 9.17) is 9.72 Å². The number of nitrogens with one attached hydrogen (secondary N) is 2. The summed E-state index contributed by atoms with van der Waals surface area (Å²) in [6, 6.07) is 3.57. The number of aryl methyl sites for hydroxylation is 2. The summed E-state index contributed by atoms with van der Waals surface area (Å²) in [6.07, 6.45) is 12.7. The van der Waals surface area contributed by atoms with Crippen LogP contribution >= 0.6 is 0 Å². The molecular formula is C30H51N5O3. The van der Waals surface area contributed by atoms with Gasteiger partial charge in [-0.15, -0.1) is 0 Å². The number of carboxylic acid groups (broad SMARTS) is 1. The average Bonchev–Trinajstić information content (AvgIpc) is 2.94. The zero-order valence-corrected chi connectivity index (χ0v) is 24.6. The van der Waals surface area contributed by atoms with E-state index in [9.17, 15) is 9.90 Å². The van der Waals surface area contributed by atoms with Gasteiger partial charge in [-0.2, -0.15) is 0 Å². The number of ether oxygens (including phenoxy) is 1. The molecule has 8 heteroatoms. The Hall–Kier alpha value is -2.71. The second-order valence-electron chi connectivity index (χ2n) is 9.33. The average molecular weight is 530 g/mol. The van der Waals surface area contributed by atoms with Crippen LogP contribution in [0.1, 0.15) is 78.0 Å². The minimum absolute atomic E-state index is 0.453. The van der Waals surface area contributed by atoms with E-state index in [1.165, 1.54) is 12.0 Å². The van der Waals surface area contributed by atoms with E-state index in [1.807, 2.05) is 33.0 Å². The Balaban J connectivity index is 0.00000352. The van der Waals surface area contributed by atoms with Crippen molar-refractivity contribution in [1.82, 2.24) is 15.2 Å². The van der Waals surface area contributed by atoms with E-state index in [2.05, 4.69) is 45.7 Å². The van der Waals surface area contributed by atoms with Crippen LogP contribution in [0.2, 0.25) is 0 Å². The lowest BCUT2D eigenvalue weighted by Crippen LogP contribution is -2.33. The van der Waals surface area contributed by atoms with Crippen molar-refractivity contribution in [3.05, 3.63) is 47.3 Å². The smallest absolute Gasteiger partial charge is 0.328 e. The topological polar surface area (TPSA) is 99.1 Å². The molecule has 0 saturated heterocycles. The maximum absolute atomic E-state index is 11.8. The Morgan fingerprint density at radius 2 is 2.05 bits per heavy atom. The maximum Gasteiger partial charge on any atom is 0.328 e. The van der Waals surface area contributed by atoms with Crippen LogP contribution in [0, 0.1) is 0 Å². The van der Waals surface area contributed by atoms with Crippen molar-refractivity contribution in [2.45, 2.75) is 85.6 Å². The number of anilines is 1. The van der Waals surface area contributed by atoms with E-state index in [0.717, 1.165) is 68.8 Å². The summed E-state index contributed by atoms with van der Waals surface area (Å²) in [5.41, 5.74) is 3.51. The van der Waals surface area contributed by atoms with Gasteiger partial charge in [0, 0.05) is 38.6 Å². The number of carboxylic acids is 1. The largest absolute Gasteiger partial charge is 0.480 e. The number of nitrogens with zero attached hydrogens (tertiary/aromatic N) is 3. The van der Waals surface area contributed by atoms with Crippen molar-refractivity contribution in [2.24, 2.45) is 4.99 Å². The molecule has 1 aromatic rings. The highest BCUT2D eigenvalue weighted by atomic mass is 16.5. The molecule has 2 rings (SSSR count). The van der Waals surface area contributed by atoms with Gasteiger partial charge in [0.25, 0.3) is 0 Å². The summed E-state index contributed by atoms with van der Waals surface area (Å²) in [6.45, 7) is 13.8. The number of aliphatic imine (C=N–C) groups is 1. The second-order valence-corrected chi connectivity index (χ2v) is 9.33. The lowest BCUT2D eigenvalue weighted by Gasteiger charge is -2.23. The number of aliphatic carboxylic acids is 1. The van der Waals surface area contributed by atoms with E-state index in [-0.39, 0.29) is 0 Å². The molecule has 8 nitrogen and oxygen atoms in total. The Bertz CT molecular complexity index is 898. The van der Waals surface area contributed by atoms with E-state index in [1.54, 1.807) is 14.0 Å². The van der Waals surface area contributed by atoms with Gasteiger partial charge in [0.15, 0.2) is 6.04 Å². The first-order valence-corrected chi connectivity index (χ1v) is 14.2. The lowest BCUT2D eigenvalue weighted by molar-refractivity contribution is -0.138. The highest BCUT2D eigenvalue weighted by molar-refractivity contribution is 5.84. The normalized spacial score (nSPS) is 14.5. The number of hydrogen-bond acceptors (Lipinski definition) is 6. The van der Waals surface area contributed by atoms with Gasteiger partial charge < -0.3 is 25.4 Å². The quantitative estimate of drug-likeness (QED) is 0.113. The van der Waals surface area contributed by atoms with Crippen molar-refractivity contribution in [2.75, 3.05) is 45.2 Å². The van der Waals surface area contributed by atoms with E-state index >= 15 is 0 Å². The van der Waals surface area contributed by atoms with Gasteiger partial charge in [-0.25, -0.2) is 9.78 Å². The van der Waals surface area contributed by atoms with Crippen LogP contribution in [0.25, 0.3) is 0 Å². The van der Waals surface area contributed by atoms with Crippen molar-refractivity contribution in [1.29, 1.82) is 0 Å². The lowest BCUT2D eigenvalue weighted by atomic mass is 10.1. The zero-order chi connectivity index (χ0) is 28.2. The molecule has 0 bridgehead atoms. The first-order valence-electron chi connectivity index (χ1n) is 14.2. The van der Waals surface area contributed by atoms with Gasteiger partial charge in [-0.3, -0.25) is 4.99 Å². The number of aromatic nitrogens is 1. The minimum Gasteiger partial charge on any atom is -0.480 e. The second kappa shape index (κ2) is 20.3. The maximum atomic E-state index is 11.8. The fourth-order valence-corrected chi connectivity index (χ4v) is 4.09. The van der Waals surface area contributed by atoms with Gasteiger partial charge in [-0.05, 0) is 82.5 Å². The fourth-order valence-electron chi connectivity index (χ4n) is 4.09. The van der Waals surface area contributed by atoms with E-state index < -0.39 is 12.0 Å². The molecule has 1 aliphatic heterocycles. The molecular weight excluding hydrogens is 478 g/mol. The Morgan fingerprint density at radius 1 is 1.26 bits per heavy atom. The summed E-state index contributed by atoms with van der Waals surface area (Å²) in [7, 11) is 1.69. The standard InChI is InChI=1S/C28H45N5O3.C2H6/c1-5-6-10-22(2)21-30-23(3)31-26(28(34)35)15-18-33(19-20-36-4)17-8-7-12-25-14-13-24-11-9-16-29-27(24)32-25;1-2/h6,10,13-14,21,26H,5,7-9,11-12,15-20H2,1-4H3,(H,29,32)(H,30,31)(H,34,35);1-2H3/b10-6+,22-21-;. The van der Waals surface area contributed by atoms with Crippen LogP contribution < -0.4 is 10.6 Å². The van der Waals surface area contributed by atoms with E-state index in [0.29, 0.717) is 25.4 Å². The third kappa shape index (κ3) is 13.7. The van der Waals surface area contributed by atoms with Gasteiger partial charge in [0.2, 0.25) is 0 Å². The van der Waals surface area contributed by atoms with Gasteiger partial charge in [-0.1, -0.05) is 39.0 Å². The highest BCUT2D eigenvalue weighted by Crippen LogP contribution is 2.20. The molecule has 3 N–H and O–H groups in total. The van der Waals surface area contributed by atoms with Gasteiger partial charge in [0.1, 0.15) is 5.82 Å². The predicted molar refractivity (Wildman–Crippen MR) is 159 cm³/mol. The molecule has 0 radical (unpaired) electrons. The monoisotopic (exact) mass is 529 g/mol. The zero-order valence-electron chi connectivity index (χ0n) is 24.6. The molecule has 1 unspecified atom stereocenters. The summed E-state index contributed by atoms with van der Waals surface area (Å²) in [4.78, 5) is 23.3. The summed E-state index contributed by atoms with van der Waals surface area (Å²) >= 11 is 0. The number of rotatable bonds is 16. The molecule has 38 heavy (non-hydrogen) atoms. The number of carbonyl (C=O) groups is 1. The number of unbranched alkanes of at least 4 members (excludes halogenated alkanes) is 1. The molecule has 0 aliphatic carbocycles. The molecule has 214 valence electrons. The van der Waals surface area contributed by atoms with Crippen LogP contribution in [-0.4, -0.2) is 72.7 Å². The third-order valence-electron chi connectivity index (χ3n) is 6.20. The molecule has 0 spiro atoms. The molecule has 1 aromatic heterocycles. The molecule has 1 aliphatic rings. The first-order chi connectivity index (χ1) is 18.4. The van der Waals surface area contributed by atoms with Crippen molar-refractivity contribution >= 4 is 17.6 Å². The molecule has 1 atom stereocenters. The van der Waals surface area contributed by atoms with Crippen LogP contribution in [-0.2, 0) is 22.4 Å². The molecule has 0 fully saturated rings. The summed E-state index contributed by atoms with van der Waals surface area (Å²) < 4.78 is 5.28. The van der Waals surface area contributed by atoms with Crippen LogP contribution in [0.15, 0.2) is 41.1 Å². The number of fused-ring (bicyclic) bond motifs is 1. The molecule has 0 saturated carbocycles. The number of hydrogen-bond donors (Lipinski definition) is 3. The highest BCUT2D eigenvalue weighted by Gasteiger charge is 2.18. The number of allylic oxidation sites excluding steroid dienone is 3. The minimum atomic E-state index is -0.901. The number of methoxy groups -OCH3 is 1. The Labute approximate surface area is 230 Å². The summed E-state index contributed by atoms with van der Waals surface area (Å²) in [5.74, 6) is 0.747. The van der Waals surface area contributed by atoms with Crippen molar-refractivity contribution in [3.8, 4) is 0 Å². The molecule has 2 heterocycles. The van der Waals surface area contributed by atoms with Crippen LogP contribution in [0.5, 0.6) is 0 Å². The van der Waals surface area contributed by atoms with Crippen molar-refractivity contribution < 1.29 is 14.6 Å². The number of amidine groups is 1. The molecule has 0 aromatic carbocycles.